The Hall–Kier alpha value is -3.65. The van der Waals surface area contributed by atoms with E-state index in [1.165, 1.54) is 4.90 Å². The van der Waals surface area contributed by atoms with Crippen molar-refractivity contribution < 1.29 is 18.0 Å². The van der Waals surface area contributed by atoms with Gasteiger partial charge in [-0.1, -0.05) is 85.3 Å². The molecular weight excluding hydrogens is 498 g/mol. The number of para-hydroxylation sites is 1. The Morgan fingerprint density at radius 1 is 0.895 bits per heavy atom. The number of amides is 2. The van der Waals surface area contributed by atoms with Gasteiger partial charge in [0.2, 0.25) is 21.8 Å². The van der Waals surface area contributed by atoms with E-state index in [1.54, 1.807) is 25.1 Å². The summed E-state index contributed by atoms with van der Waals surface area (Å²) in [6.07, 6.45) is 2.15. The van der Waals surface area contributed by atoms with Crippen LogP contribution in [-0.4, -0.2) is 50.5 Å². The van der Waals surface area contributed by atoms with Crippen LogP contribution >= 0.6 is 0 Å². The summed E-state index contributed by atoms with van der Waals surface area (Å²) < 4.78 is 26.8. The highest BCUT2D eigenvalue weighted by Gasteiger charge is 2.33. The maximum Gasteiger partial charge on any atom is 0.244 e. The molecule has 0 fully saturated rings. The predicted octanol–water partition coefficient (Wildman–Crippen LogP) is 4.24. The van der Waals surface area contributed by atoms with E-state index in [9.17, 15) is 18.0 Å². The number of rotatable bonds is 12. The van der Waals surface area contributed by atoms with Gasteiger partial charge in [-0.2, -0.15) is 0 Å². The average molecular weight is 536 g/mol. The Labute approximate surface area is 226 Å². The highest BCUT2D eigenvalue weighted by atomic mass is 32.2. The Bertz CT molecular complexity index is 1340. The molecule has 0 aromatic heterocycles. The molecule has 1 atom stereocenters. The summed E-state index contributed by atoms with van der Waals surface area (Å²) in [4.78, 5) is 29.0. The van der Waals surface area contributed by atoms with Crippen molar-refractivity contribution in [1.82, 2.24) is 10.2 Å². The normalized spacial score (nSPS) is 12.0. The Balaban J connectivity index is 2.05. The fraction of sp³-hybridized carbons (Fsp3) is 0.333. The molecule has 0 aliphatic heterocycles. The van der Waals surface area contributed by atoms with Crippen molar-refractivity contribution in [2.75, 3.05) is 23.7 Å². The Morgan fingerprint density at radius 3 is 2.18 bits per heavy atom. The van der Waals surface area contributed by atoms with Crippen LogP contribution < -0.4 is 9.62 Å². The van der Waals surface area contributed by atoms with Gasteiger partial charge >= 0.3 is 0 Å². The van der Waals surface area contributed by atoms with E-state index < -0.39 is 28.5 Å². The number of carbonyl (C=O) groups excluding carboxylic acids is 2. The minimum Gasteiger partial charge on any atom is -0.354 e. The Morgan fingerprint density at radius 2 is 1.55 bits per heavy atom. The molecule has 8 heteroatoms. The third-order valence-electron chi connectivity index (χ3n) is 6.32. The van der Waals surface area contributed by atoms with Gasteiger partial charge in [0.1, 0.15) is 12.6 Å². The van der Waals surface area contributed by atoms with Gasteiger partial charge < -0.3 is 10.2 Å². The summed E-state index contributed by atoms with van der Waals surface area (Å²) >= 11 is 0. The van der Waals surface area contributed by atoms with E-state index >= 15 is 0 Å². The summed E-state index contributed by atoms with van der Waals surface area (Å²) in [5.74, 6) is -0.716. The lowest BCUT2D eigenvalue weighted by Crippen LogP contribution is -2.53. The summed E-state index contributed by atoms with van der Waals surface area (Å²) in [6, 6.07) is 23.5. The van der Waals surface area contributed by atoms with Crippen LogP contribution in [0.5, 0.6) is 0 Å². The topological polar surface area (TPSA) is 86.8 Å². The van der Waals surface area contributed by atoms with Crippen molar-refractivity contribution in [3.8, 4) is 0 Å². The maximum atomic E-state index is 14.0. The third-order valence-corrected chi connectivity index (χ3v) is 7.45. The number of aryl methyl sites for hydroxylation is 2. The number of benzene rings is 3. The smallest absolute Gasteiger partial charge is 0.244 e. The van der Waals surface area contributed by atoms with E-state index in [2.05, 4.69) is 5.32 Å². The molecule has 3 rings (SSSR count). The average Bonchev–Trinajstić information content (AvgIpc) is 2.88. The minimum atomic E-state index is -3.78. The second-order valence-corrected chi connectivity index (χ2v) is 11.5. The highest BCUT2D eigenvalue weighted by molar-refractivity contribution is 7.92. The molecule has 0 aliphatic rings. The molecule has 202 valence electrons. The van der Waals surface area contributed by atoms with Crippen molar-refractivity contribution in [1.29, 1.82) is 0 Å². The lowest BCUT2D eigenvalue weighted by atomic mass is 10.0. The number of sulfonamides is 1. The molecule has 38 heavy (non-hydrogen) atoms. The summed E-state index contributed by atoms with van der Waals surface area (Å²) in [5, 5.41) is 2.94. The van der Waals surface area contributed by atoms with Crippen LogP contribution in [0.25, 0.3) is 0 Å². The summed E-state index contributed by atoms with van der Waals surface area (Å²) in [6.45, 7) is 5.97. The van der Waals surface area contributed by atoms with Gasteiger partial charge in [-0.05, 0) is 43.0 Å². The second-order valence-electron chi connectivity index (χ2n) is 9.56. The summed E-state index contributed by atoms with van der Waals surface area (Å²) in [7, 11) is -3.78. The number of carbonyl (C=O) groups is 2. The molecule has 0 heterocycles. The van der Waals surface area contributed by atoms with E-state index in [4.69, 9.17) is 0 Å². The molecule has 0 aliphatic carbocycles. The molecule has 0 spiro atoms. The van der Waals surface area contributed by atoms with Crippen LogP contribution in [-0.2, 0) is 32.6 Å². The molecule has 1 N–H and O–H groups in total. The fourth-order valence-electron chi connectivity index (χ4n) is 4.37. The van der Waals surface area contributed by atoms with Crippen LogP contribution in [0.4, 0.5) is 5.69 Å². The van der Waals surface area contributed by atoms with Crippen molar-refractivity contribution in [3.63, 3.8) is 0 Å². The third kappa shape index (κ3) is 7.92. The van der Waals surface area contributed by atoms with E-state index in [0.29, 0.717) is 18.7 Å². The molecule has 7 nitrogen and oxygen atoms in total. The SMILES string of the molecule is CCCNC(=O)C(Cc1ccccc1)N(Cc1cccc(C)c1)C(=O)CN(c1ccccc1C)S(C)(=O)=O. The standard InChI is InChI=1S/C30H37N3O4S/c1-5-18-31-30(35)28(20-25-14-7-6-8-15-25)32(21-26-16-11-12-23(2)19-26)29(34)22-33(38(4,36)37)27-17-10-9-13-24(27)3/h6-17,19,28H,5,18,20-22H2,1-4H3,(H,31,35). The van der Waals surface area contributed by atoms with Crippen LogP contribution in [0.2, 0.25) is 0 Å². The van der Waals surface area contributed by atoms with Crippen LogP contribution in [0, 0.1) is 13.8 Å². The second kappa shape index (κ2) is 13.2. The van der Waals surface area contributed by atoms with Crippen LogP contribution in [0.3, 0.4) is 0 Å². The number of nitrogens with zero attached hydrogens (tertiary/aromatic N) is 2. The van der Waals surface area contributed by atoms with E-state index in [1.807, 2.05) is 74.5 Å². The zero-order valence-electron chi connectivity index (χ0n) is 22.6. The van der Waals surface area contributed by atoms with Gasteiger partial charge in [0.15, 0.2) is 0 Å². The van der Waals surface area contributed by atoms with Gasteiger partial charge in [0, 0.05) is 19.5 Å². The molecule has 1 unspecified atom stereocenters. The minimum absolute atomic E-state index is 0.170. The molecule has 3 aromatic rings. The molecule has 0 saturated carbocycles. The first-order valence-electron chi connectivity index (χ1n) is 12.8. The molecular formula is C30H37N3O4S. The first-order chi connectivity index (χ1) is 18.1. The first kappa shape index (κ1) is 28.9. The van der Waals surface area contributed by atoms with Gasteiger partial charge in [0.25, 0.3) is 0 Å². The lowest BCUT2D eigenvalue weighted by Gasteiger charge is -2.34. The monoisotopic (exact) mass is 535 g/mol. The molecule has 3 aromatic carbocycles. The van der Waals surface area contributed by atoms with Crippen LogP contribution in [0.1, 0.15) is 35.6 Å². The van der Waals surface area contributed by atoms with Gasteiger partial charge in [-0.25, -0.2) is 8.42 Å². The molecule has 0 radical (unpaired) electrons. The fourth-order valence-corrected chi connectivity index (χ4v) is 5.27. The Kier molecular flexibility index (Phi) is 10.1. The molecule has 0 saturated heterocycles. The maximum absolute atomic E-state index is 14.0. The number of anilines is 1. The molecule has 2 amide bonds. The highest BCUT2D eigenvalue weighted by Crippen LogP contribution is 2.23. The first-order valence-corrected chi connectivity index (χ1v) is 14.6. The molecule has 0 bridgehead atoms. The zero-order chi connectivity index (χ0) is 27.7. The van der Waals surface area contributed by atoms with Crippen molar-refractivity contribution in [3.05, 3.63) is 101 Å². The number of nitrogens with one attached hydrogen (secondary N) is 1. The predicted molar refractivity (Wildman–Crippen MR) is 152 cm³/mol. The quantitative estimate of drug-likeness (QED) is 0.376. The number of hydrogen-bond donors (Lipinski definition) is 1. The van der Waals surface area contributed by atoms with Gasteiger partial charge in [0.05, 0.1) is 11.9 Å². The van der Waals surface area contributed by atoms with Crippen molar-refractivity contribution in [2.45, 2.75) is 46.2 Å². The van der Waals surface area contributed by atoms with E-state index in [0.717, 1.165) is 39.2 Å². The van der Waals surface area contributed by atoms with E-state index in [-0.39, 0.29) is 12.5 Å². The van der Waals surface area contributed by atoms with Crippen molar-refractivity contribution in [2.24, 2.45) is 0 Å². The van der Waals surface area contributed by atoms with Crippen LogP contribution in [0.15, 0.2) is 78.9 Å². The largest absolute Gasteiger partial charge is 0.354 e. The zero-order valence-corrected chi connectivity index (χ0v) is 23.4. The van der Waals surface area contributed by atoms with Gasteiger partial charge in [-0.3, -0.25) is 13.9 Å². The number of hydrogen-bond acceptors (Lipinski definition) is 4. The lowest BCUT2D eigenvalue weighted by molar-refractivity contribution is -0.140. The summed E-state index contributed by atoms with van der Waals surface area (Å²) in [5.41, 5.74) is 3.97. The van der Waals surface area contributed by atoms with Gasteiger partial charge in [-0.15, -0.1) is 0 Å². The van der Waals surface area contributed by atoms with Crippen molar-refractivity contribution >= 4 is 27.5 Å².